The molecule has 120 valence electrons. The van der Waals surface area contributed by atoms with E-state index in [4.69, 9.17) is 16.3 Å². The van der Waals surface area contributed by atoms with Crippen molar-refractivity contribution in [3.63, 3.8) is 0 Å². The molecular weight excluding hydrogens is 310 g/mol. The lowest BCUT2D eigenvalue weighted by Crippen LogP contribution is -2.41. The van der Waals surface area contributed by atoms with Crippen LogP contribution in [0.2, 0.25) is 5.02 Å². The molecule has 0 radical (unpaired) electrons. The number of rotatable bonds is 3. The molecular formula is C19H20ClNO2. The first kappa shape index (κ1) is 15.9. The van der Waals surface area contributed by atoms with Gasteiger partial charge in [0.15, 0.2) is 0 Å². The molecule has 1 fully saturated rings. The average molecular weight is 330 g/mol. The van der Waals surface area contributed by atoms with E-state index >= 15 is 0 Å². The summed E-state index contributed by atoms with van der Waals surface area (Å²) in [5.41, 5.74) is 1.87. The molecule has 0 unspecified atom stereocenters. The van der Waals surface area contributed by atoms with Gasteiger partial charge in [-0.15, -0.1) is 0 Å². The van der Waals surface area contributed by atoms with Crippen LogP contribution in [0.5, 0.6) is 5.75 Å². The molecule has 4 heteroatoms. The van der Waals surface area contributed by atoms with Gasteiger partial charge in [0.1, 0.15) is 11.9 Å². The van der Waals surface area contributed by atoms with E-state index in [9.17, 15) is 4.79 Å². The molecule has 2 aromatic carbocycles. The minimum atomic E-state index is 0.110. The fourth-order valence-electron chi connectivity index (χ4n) is 2.84. The molecule has 1 heterocycles. The second kappa shape index (κ2) is 7.05. The molecule has 2 aromatic rings. The standard InChI is InChI=1S/C19H20ClNO2/c1-14-3-2-4-15(13-14)19(22)21-11-9-18(10-12-21)23-17-7-5-16(20)6-8-17/h2-8,13,18H,9-12H2,1H3. The highest BCUT2D eigenvalue weighted by Gasteiger charge is 2.24. The maximum absolute atomic E-state index is 12.5. The summed E-state index contributed by atoms with van der Waals surface area (Å²) in [6, 6.07) is 15.2. The molecule has 3 rings (SSSR count). The molecule has 1 amide bonds. The summed E-state index contributed by atoms with van der Waals surface area (Å²) < 4.78 is 5.97. The Hall–Kier alpha value is -2.00. The van der Waals surface area contributed by atoms with Gasteiger partial charge >= 0.3 is 0 Å². The van der Waals surface area contributed by atoms with Crippen LogP contribution in [0.25, 0.3) is 0 Å². The highest BCUT2D eigenvalue weighted by atomic mass is 35.5. The molecule has 3 nitrogen and oxygen atoms in total. The first-order valence-corrected chi connectivity index (χ1v) is 8.28. The highest BCUT2D eigenvalue weighted by Crippen LogP contribution is 2.22. The van der Waals surface area contributed by atoms with Gasteiger partial charge in [-0.1, -0.05) is 29.3 Å². The Kier molecular flexibility index (Phi) is 4.87. The monoisotopic (exact) mass is 329 g/mol. The van der Waals surface area contributed by atoms with Crippen LogP contribution < -0.4 is 4.74 Å². The SMILES string of the molecule is Cc1cccc(C(=O)N2CCC(Oc3ccc(Cl)cc3)CC2)c1. The van der Waals surface area contributed by atoms with E-state index in [1.807, 2.05) is 60.4 Å². The molecule has 1 aliphatic heterocycles. The van der Waals surface area contributed by atoms with Crippen LogP contribution in [-0.4, -0.2) is 30.0 Å². The summed E-state index contributed by atoms with van der Waals surface area (Å²) in [6.07, 6.45) is 1.85. The lowest BCUT2D eigenvalue weighted by Gasteiger charge is -2.32. The van der Waals surface area contributed by atoms with Crippen molar-refractivity contribution in [2.75, 3.05) is 13.1 Å². The number of halogens is 1. The van der Waals surface area contributed by atoms with E-state index in [0.29, 0.717) is 5.02 Å². The first-order chi connectivity index (χ1) is 11.1. The summed E-state index contributed by atoms with van der Waals surface area (Å²) in [6.45, 7) is 3.46. The highest BCUT2D eigenvalue weighted by molar-refractivity contribution is 6.30. The molecule has 1 saturated heterocycles. The smallest absolute Gasteiger partial charge is 0.253 e. The third kappa shape index (κ3) is 4.05. The van der Waals surface area contributed by atoms with E-state index < -0.39 is 0 Å². The number of hydrogen-bond donors (Lipinski definition) is 0. The van der Waals surface area contributed by atoms with E-state index in [0.717, 1.165) is 42.8 Å². The Morgan fingerprint density at radius 2 is 1.83 bits per heavy atom. The summed E-state index contributed by atoms with van der Waals surface area (Å²) in [4.78, 5) is 14.4. The second-order valence-corrected chi connectivity index (χ2v) is 6.37. The maximum atomic E-state index is 12.5. The Labute approximate surface area is 141 Å². The zero-order valence-corrected chi connectivity index (χ0v) is 13.9. The van der Waals surface area contributed by atoms with Crippen molar-refractivity contribution in [2.45, 2.75) is 25.9 Å². The summed E-state index contributed by atoms with van der Waals surface area (Å²) >= 11 is 5.88. The number of carbonyl (C=O) groups excluding carboxylic acids is 1. The molecule has 0 saturated carbocycles. The topological polar surface area (TPSA) is 29.5 Å². The normalized spacial score (nSPS) is 15.5. The zero-order chi connectivity index (χ0) is 16.2. The van der Waals surface area contributed by atoms with Gasteiger partial charge in [0.25, 0.3) is 5.91 Å². The Morgan fingerprint density at radius 1 is 1.13 bits per heavy atom. The Bertz CT molecular complexity index is 676. The Balaban J connectivity index is 1.55. The first-order valence-electron chi connectivity index (χ1n) is 7.90. The van der Waals surface area contributed by atoms with Crippen LogP contribution in [0.15, 0.2) is 48.5 Å². The van der Waals surface area contributed by atoms with Gasteiger partial charge in [-0.3, -0.25) is 4.79 Å². The van der Waals surface area contributed by atoms with Gasteiger partial charge in [-0.2, -0.15) is 0 Å². The van der Waals surface area contributed by atoms with Crippen molar-refractivity contribution in [3.8, 4) is 5.75 Å². The zero-order valence-electron chi connectivity index (χ0n) is 13.2. The fourth-order valence-corrected chi connectivity index (χ4v) is 2.97. The van der Waals surface area contributed by atoms with Crippen molar-refractivity contribution in [1.82, 2.24) is 4.90 Å². The maximum Gasteiger partial charge on any atom is 0.253 e. The number of ether oxygens (including phenoxy) is 1. The quantitative estimate of drug-likeness (QED) is 0.838. The predicted octanol–water partition coefficient (Wildman–Crippen LogP) is 4.33. The van der Waals surface area contributed by atoms with E-state index in [-0.39, 0.29) is 12.0 Å². The minimum Gasteiger partial charge on any atom is -0.490 e. The molecule has 23 heavy (non-hydrogen) atoms. The summed E-state index contributed by atoms with van der Waals surface area (Å²) in [5, 5.41) is 0.705. The third-order valence-corrected chi connectivity index (χ3v) is 4.36. The van der Waals surface area contributed by atoms with Gasteiger partial charge in [0.05, 0.1) is 0 Å². The number of likely N-dealkylation sites (tertiary alicyclic amines) is 1. The lowest BCUT2D eigenvalue weighted by molar-refractivity contribution is 0.0595. The summed E-state index contributed by atoms with van der Waals surface area (Å²) in [5.74, 6) is 0.941. The van der Waals surface area contributed by atoms with Crippen LogP contribution in [0, 0.1) is 6.92 Å². The van der Waals surface area contributed by atoms with Crippen LogP contribution in [-0.2, 0) is 0 Å². The molecule has 1 aliphatic rings. The largest absolute Gasteiger partial charge is 0.490 e. The van der Waals surface area contributed by atoms with Crippen molar-refractivity contribution in [2.24, 2.45) is 0 Å². The number of aryl methyl sites for hydroxylation is 1. The molecule has 0 atom stereocenters. The predicted molar refractivity (Wildman–Crippen MR) is 92.2 cm³/mol. The molecule has 0 N–H and O–H groups in total. The van der Waals surface area contributed by atoms with Crippen LogP contribution in [0.4, 0.5) is 0 Å². The van der Waals surface area contributed by atoms with Crippen LogP contribution in [0.1, 0.15) is 28.8 Å². The van der Waals surface area contributed by atoms with Crippen molar-refractivity contribution >= 4 is 17.5 Å². The summed E-state index contributed by atoms with van der Waals surface area (Å²) in [7, 11) is 0. The van der Waals surface area contributed by atoms with Gasteiger partial charge in [0, 0.05) is 36.5 Å². The number of benzene rings is 2. The van der Waals surface area contributed by atoms with Crippen LogP contribution in [0.3, 0.4) is 0 Å². The number of amides is 1. The van der Waals surface area contributed by atoms with Crippen LogP contribution >= 0.6 is 11.6 Å². The average Bonchev–Trinajstić information content (AvgIpc) is 2.57. The van der Waals surface area contributed by atoms with Gasteiger partial charge in [-0.25, -0.2) is 0 Å². The van der Waals surface area contributed by atoms with E-state index in [2.05, 4.69) is 0 Å². The molecule has 0 spiro atoms. The van der Waals surface area contributed by atoms with Gasteiger partial charge in [-0.05, 0) is 43.3 Å². The molecule has 0 aromatic heterocycles. The number of hydrogen-bond acceptors (Lipinski definition) is 2. The van der Waals surface area contributed by atoms with Crippen molar-refractivity contribution in [1.29, 1.82) is 0 Å². The van der Waals surface area contributed by atoms with Crippen molar-refractivity contribution < 1.29 is 9.53 Å². The lowest BCUT2D eigenvalue weighted by atomic mass is 10.1. The van der Waals surface area contributed by atoms with E-state index in [1.165, 1.54) is 0 Å². The Morgan fingerprint density at radius 3 is 2.48 bits per heavy atom. The van der Waals surface area contributed by atoms with Gasteiger partial charge < -0.3 is 9.64 Å². The second-order valence-electron chi connectivity index (χ2n) is 5.93. The molecule has 0 bridgehead atoms. The molecule has 0 aliphatic carbocycles. The minimum absolute atomic E-state index is 0.110. The number of piperidine rings is 1. The van der Waals surface area contributed by atoms with Crippen molar-refractivity contribution in [3.05, 3.63) is 64.7 Å². The number of carbonyl (C=O) groups is 1. The number of nitrogens with zero attached hydrogens (tertiary/aromatic N) is 1. The van der Waals surface area contributed by atoms with Gasteiger partial charge in [0.2, 0.25) is 0 Å². The van der Waals surface area contributed by atoms with E-state index in [1.54, 1.807) is 0 Å². The fraction of sp³-hybridized carbons (Fsp3) is 0.316. The third-order valence-electron chi connectivity index (χ3n) is 4.11.